The highest BCUT2D eigenvalue weighted by molar-refractivity contribution is 7.00. The molecule has 0 aliphatic carbocycles. The summed E-state index contributed by atoms with van der Waals surface area (Å²) in [5.74, 6) is 0. The number of anilines is 9. The summed E-state index contributed by atoms with van der Waals surface area (Å²) in [6.45, 7) is 13.4. The third-order valence-electron chi connectivity index (χ3n) is 14.3. The van der Waals surface area contributed by atoms with Crippen molar-refractivity contribution in [1.82, 2.24) is 0 Å². The van der Waals surface area contributed by atoms with E-state index < -0.39 is 0 Å². The molecule has 0 unspecified atom stereocenters. The van der Waals surface area contributed by atoms with Gasteiger partial charge in [0.2, 0.25) is 0 Å². The fourth-order valence-electron chi connectivity index (χ4n) is 11.0. The summed E-state index contributed by atoms with van der Waals surface area (Å²) in [6, 6.07) is 70.9. The lowest BCUT2D eigenvalue weighted by Gasteiger charge is -2.43. The zero-order chi connectivity index (χ0) is 46.1. The molecule has 2 aliphatic heterocycles. The van der Waals surface area contributed by atoms with Gasteiger partial charge in [-0.15, -0.1) is 0 Å². The highest BCUT2D eigenvalue weighted by atomic mass is 16.3. The van der Waals surface area contributed by atoms with Gasteiger partial charge < -0.3 is 23.5 Å². The number of fused-ring (bicyclic) bond motifs is 11. The van der Waals surface area contributed by atoms with Crippen molar-refractivity contribution >= 4 is 118 Å². The van der Waals surface area contributed by atoms with E-state index in [4.69, 9.17) is 8.83 Å². The number of nitrogens with zero attached hydrogens (tertiary/aromatic N) is 3. The molecule has 9 aromatic carbocycles. The molecule has 0 atom stereocenters. The first-order valence-electron chi connectivity index (χ1n) is 23.8. The fourth-order valence-corrected chi connectivity index (χ4v) is 11.0. The molecular formula is C62H50BN3O2. The summed E-state index contributed by atoms with van der Waals surface area (Å²) >= 11 is 0. The third kappa shape index (κ3) is 6.09. The Hall–Kier alpha value is -7.96. The normalized spacial score (nSPS) is 13.4. The van der Waals surface area contributed by atoms with E-state index in [2.05, 4.69) is 238 Å². The molecule has 328 valence electrons. The van der Waals surface area contributed by atoms with Crippen molar-refractivity contribution in [1.29, 1.82) is 0 Å². The summed E-state index contributed by atoms with van der Waals surface area (Å²) in [4.78, 5) is 7.35. The van der Waals surface area contributed by atoms with Gasteiger partial charge in [0.25, 0.3) is 6.71 Å². The number of para-hydroxylation sites is 2. The smallest absolute Gasteiger partial charge is 0.297 e. The molecule has 2 aromatic heterocycles. The molecule has 5 nitrogen and oxygen atoms in total. The minimum Gasteiger partial charge on any atom is -0.467 e. The second-order valence-electron chi connectivity index (χ2n) is 20.5. The van der Waals surface area contributed by atoms with Crippen molar-refractivity contribution in [3.63, 3.8) is 0 Å². The van der Waals surface area contributed by atoms with Gasteiger partial charge in [-0.25, -0.2) is 0 Å². The molecule has 13 rings (SSSR count). The van der Waals surface area contributed by atoms with E-state index in [-0.39, 0.29) is 17.5 Å². The monoisotopic (exact) mass is 879 g/mol. The first-order valence-corrected chi connectivity index (χ1v) is 23.8. The average Bonchev–Trinajstić information content (AvgIpc) is 3.93. The number of furan rings is 2. The first-order chi connectivity index (χ1) is 33.0. The van der Waals surface area contributed by atoms with Gasteiger partial charge in [-0.1, -0.05) is 151 Å². The Labute approximate surface area is 397 Å². The lowest BCUT2D eigenvalue weighted by atomic mass is 9.35. The van der Waals surface area contributed by atoms with Crippen molar-refractivity contribution in [2.75, 3.05) is 14.7 Å². The SMILES string of the molecule is CC(C)(C)c1ccc(N2c3cc(N(c4ccccc4)c4cccc5ccccc45)ccc3B3c4oc5c(ccc6oc7ccccc7c65)c4N(c4ccc(C(C)(C)C)cc4)c4cccc2c43)cc1. The van der Waals surface area contributed by atoms with Crippen molar-refractivity contribution in [2.24, 2.45) is 0 Å². The summed E-state index contributed by atoms with van der Waals surface area (Å²) < 4.78 is 14.0. The maximum atomic E-state index is 7.53. The van der Waals surface area contributed by atoms with Crippen molar-refractivity contribution < 1.29 is 8.83 Å². The second-order valence-corrected chi connectivity index (χ2v) is 20.5. The predicted octanol–water partition coefficient (Wildman–Crippen LogP) is 15.6. The molecule has 2 aliphatic rings. The van der Waals surface area contributed by atoms with Crippen LogP contribution in [0.3, 0.4) is 0 Å². The van der Waals surface area contributed by atoms with Gasteiger partial charge in [0, 0.05) is 56.0 Å². The standard InChI is InChI=1S/C62H50BN3O2/c1-61(2,3)40-26-30-43(31-27-40)65-51-23-15-24-52-57(51)63(49-36-34-45(38-53(49)65)64(42-18-8-7-9-19-42)50-22-14-17-39-16-10-11-20-46(39)50)60-58(66(52)44-32-28-41(29-33-44)62(4,5)6)48-35-37-55-56(59(48)68-60)47-21-12-13-25-54(47)67-55/h7-38H,1-6H3. The van der Waals surface area contributed by atoms with E-state index in [9.17, 15) is 0 Å². The van der Waals surface area contributed by atoms with Crippen molar-refractivity contribution in [3.8, 4) is 0 Å². The van der Waals surface area contributed by atoms with Crippen LogP contribution in [0.15, 0.2) is 203 Å². The van der Waals surface area contributed by atoms with Gasteiger partial charge in [-0.05, 0) is 123 Å². The molecule has 11 aromatic rings. The Kier molecular flexibility index (Phi) is 8.76. The minimum absolute atomic E-state index is 0.00359. The van der Waals surface area contributed by atoms with Gasteiger partial charge in [0.05, 0.1) is 22.4 Å². The molecule has 0 saturated heterocycles. The average molecular weight is 880 g/mol. The van der Waals surface area contributed by atoms with Crippen molar-refractivity contribution in [3.05, 3.63) is 205 Å². The maximum Gasteiger partial charge on any atom is 0.297 e. The van der Waals surface area contributed by atoms with Crippen LogP contribution in [0.1, 0.15) is 52.7 Å². The molecule has 0 fully saturated rings. The van der Waals surface area contributed by atoms with Crippen LogP contribution >= 0.6 is 0 Å². The van der Waals surface area contributed by atoms with E-state index in [1.54, 1.807) is 0 Å². The topological polar surface area (TPSA) is 36.0 Å². The molecule has 0 spiro atoms. The molecular weight excluding hydrogens is 830 g/mol. The Bertz CT molecular complexity index is 3780. The van der Waals surface area contributed by atoms with Gasteiger partial charge in [0.15, 0.2) is 0 Å². The molecule has 0 amide bonds. The Balaban J connectivity index is 1.11. The van der Waals surface area contributed by atoms with Crippen LogP contribution in [0, 0.1) is 0 Å². The summed E-state index contributed by atoms with van der Waals surface area (Å²) in [7, 11) is 0. The number of hydrogen-bond acceptors (Lipinski definition) is 5. The zero-order valence-corrected chi connectivity index (χ0v) is 39.2. The van der Waals surface area contributed by atoms with E-state index in [1.807, 2.05) is 12.1 Å². The van der Waals surface area contributed by atoms with Gasteiger partial charge >= 0.3 is 0 Å². The molecule has 0 N–H and O–H groups in total. The molecule has 0 bridgehead atoms. The van der Waals surface area contributed by atoms with Crippen LogP contribution in [0.5, 0.6) is 0 Å². The molecule has 0 saturated carbocycles. The summed E-state index contributed by atoms with van der Waals surface area (Å²) in [5.41, 5.74) is 18.3. The lowest BCUT2D eigenvalue weighted by Crippen LogP contribution is -2.61. The highest BCUT2D eigenvalue weighted by Gasteiger charge is 2.47. The Morgan fingerprint density at radius 3 is 1.79 bits per heavy atom. The lowest BCUT2D eigenvalue weighted by molar-refractivity contribution is 0.590. The second kappa shape index (κ2) is 14.8. The molecule has 4 heterocycles. The minimum atomic E-state index is -0.223. The first kappa shape index (κ1) is 40.3. The van der Waals surface area contributed by atoms with Crippen molar-refractivity contribution in [2.45, 2.75) is 52.4 Å². The number of hydrogen-bond donors (Lipinski definition) is 0. The molecule has 6 heteroatoms. The maximum absolute atomic E-state index is 7.53. The predicted molar refractivity (Wildman–Crippen MR) is 287 cm³/mol. The van der Waals surface area contributed by atoms with Crippen LogP contribution in [0.4, 0.5) is 51.2 Å². The van der Waals surface area contributed by atoms with Gasteiger partial charge in [-0.2, -0.15) is 0 Å². The Morgan fingerprint density at radius 1 is 0.456 bits per heavy atom. The van der Waals surface area contributed by atoms with Crippen LogP contribution in [0.25, 0.3) is 43.7 Å². The van der Waals surface area contributed by atoms with Gasteiger partial charge in [-0.3, -0.25) is 0 Å². The van der Waals surface area contributed by atoms with Crippen LogP contribution in [-0.2, 0) is 10.8 Å². The summed E-state index contributed by atoms with van der Waals surface area (Å²) in [6.07, 6.45) is 0. The largest absolute Gasteiger partial charge is 0.467 e. The third-order valence-corrected chi connectivity index (χ3v) is 14.3. The van der Waals surface area contributed by atoms with E-state index in [0.717, 1.165) is 89.8 Å². The molecule has 68 heavy (non-hydrogen) atoms. The Morgan fingerprint density at radius 2 is 1.07 bits per heavy atom. The zero-order valence-electron chi connectivity index (χ0n) is 39.2. The highest BCUT2D eigenvalue weighted by Crippen LogP contribution is 2.50. The quantitative estimate of drug-likeness (QED) is 0.161. The van der Waals surface area contributed by atoms with Crippen LogP contribution < -0.4 is 31.3 Å². The summed E-state index contributed by atoms with van der Waals surface area (Å²) in [5, 5.41) is 5.49. The van der Waals surface area contributed by atoms with E-state index in [0.29, 0.717) is 0 Å². The van der Waals surface area contributed by atoms with Crippen LogP contribution in [-0.4, -0.2) is 6.71 Å². The van der Waals surface area contributed by atoms with E-state index >= 15 is 0 Å². The molecule has 0 radical (unpaired) electrons. The van der Waals surface area contributed by atoms with E-state index in [1.165, 1.54) is 32.8 Å². The number of benzene rings is 9. The van der Waals surface area contributed by atoms with Crippen LogP contribution in [0.2, 0.25) is 0 Å². The number of rotatable bonds is 5. The van der Waals surface area contributed by atoms with Gasteiger partial charge in [0.1, 0.15) is 16.7 Å². The fraction of sp³-hybridized carbons (Fsp3) is 0.129.